The van der Waals surface area contributed by atoms with Gasteiger partial charge in [-0.2, -0.15) is 0 Å². The van der Waals surface area contributed by atoms with Gasteiger partial charge in [-0.05, 0) is 38.2 Å². The lowest BCUT2D eigenvalue weighted by Gasteiger charge is -2.44. The van der Waals surface area contributed by atoms with Gasteiger partial charge < -0.3 is 15.4 Å². The van der Waals surface area contributed by atoms with Crippen molar-refractivity contribution in [3.05, 3.63) is 35.9 Å². The Bertz CT molecular complexity index is 837. The number of esters is 1. The van der Waals surface area contributed by atoms with Crippen LogP contribution in [0.2, 0.25) is 0 Å². The van der Waals surface area contributed by atoms with Crippen LogP contribution in [0.5, 0.6) is 0 Å². The molecule has 1 aromatic rings. The molecule has 31 heavy (non-hydrogen) atoms. The molecule has 2 saturated heterocycles. The maximum Gasteiger partial charge on any atom is 0.330 e. The summed E-state index contributed by atoms with van der Waals surface area (Å²) in [5, 5.41) is -0.179. The Balaban J connectivity index is 1.37. The molecule has 2 aliphatic heterocycles. The number of nitrogens with two attached hydrogens (primary N) is 1. The molecule has 0 radical (unpaired) electrons. The van der Waals surface area contributed by atoms with E-state index in [9.17, 15) is 14.4 Å². The third-order valence-electron chi connectivity index (χ3n) is 6.89. The highest BCUT2D eigenvalue weighted by molar-refractivity contribution is 8.01. The molecule has 1 aliphatic carbocycles. The van der Waals surface area contributed by atoms with Gasteiger partial charge in [0.25, 0.3) is 0 Å². The third kappa shape index (κ3) is 4.40. The number of β-lactam (4-membered cyclic amide) rings is 1. The van der Waals surface area contributed by atoms with E-state index in [1.54, 1.807) is 16.7 Å². The minimum Gasteiger partial charge on any atom is -0.464 e. The van der Waals surface area contributed by atoms with Crippen molar-refractivity contribution < 1.29 is 19.1 Å². The maximum absolute atomic E-state index is 13.0. The number of nitrogens with zero attached hydrogens (tertiary/aromatic N) is 1. The molecule has 4 atom stereocenters. The molecule has 0 spiro atoms. The van der Waals surface area contributed by atoms with Crippen molar-refractivity contribution in [2.45, 2.75) is 74.6 Å². The predicted molar refractivity (Wildman–Crippen MR) is 120 cm³/mol. The molecule has 0 unspecified atom stereocenters. The number of thioether (sulfide) groups is 1. The first kappa shape index (κ1) is 22.3. The summed E-state index contributed by atoms with van der Waals surface area (Å²) in [6.07, 6.45) is 5.96. The molecular formula is C24H32N2O4S. The van der Waals surface area contributed by atoms with Crippen molar-refractivity contribution in [3.63, 3.8) is 0 Å². The van der Waals surface area contributed by atoms with Crippen LogP contribution in [0, 0.1) is 11.8 Å². The van der Waals surface area contributed by atoms with Gasteiger partial charge in [0.15, 0.2) is 5.78 Å². The lowest BCUT2D eigenvalue weighted by Crippen LogP contribution is -2.63. The Morgan fingerprint density at radius 1 is 1.19 bits per heavy atom. The number of fused-ring (bicyclic) bond motifs is 1. The van der Waals surface area contributed by atoms with E-state index in [2.05, 4.69) is 0 Å². The first-order valence-electron chi connectivity index (χ1n) is 11.3. The van der Waals surface area contributed by atoms with E-state index in [0.29, 0.717) is 12.5 Å². The molecule has 2 heterocycles. The second kappa shape index (κ2) is 8.94. The number of hydrogen-bond donors (Lipinski definition) is 1. The van der Waals surface area contributed by atoms with Crippen LogP contribution in [0.25, 0.3) is 0 Å². The fourth-order valence-corrected chi connectivity index (χ4v) is 6.76. The molecule has 1 saturated carbocycles. The molecule has 0 aromatic heterocycles. The van der Waals surface area contributed by atoms with Crippen LogP contribution in [0.3, 0.4) is 0 Å². The zero-order chi connectivity index (χ0) is 22.2. The van der Waals surface area contributed by atoms with Crippen molar-refractivity contribution in [2.75, 3.05) is 6.61 Å². The number of benzene rings is 1. The minimum absolute atomic E-state index is 0.100. The minimum atomic E-state index is -0.737. The summed E-state index contributed by atoms with van der Waals surface area (Å²) in [5.74, 6) is -0.600. The summed E-state index contributed by atoms with van der Waals surface area (Å²) in [4.78, 5) is 40.3. The molecule has 2 N–H and O–H groups in total. The number of ether oxygens (including phenoxy) is 1. The smallest absolute Gasteiger partial charge is 0.330 e. The average molecular weight is 445 g/mol. The van der Waals surface area contributed by atoms with Crippen molar-refractivity contribution in [3.8, 4) is 0 Å². The number of rotatable bonds is 7. The highest BCUT2D eigenvalue weighted by atomic mass is 32.2. The van der Waals surface area contributed by atoms with E-state index in [1.807, 2.05) is 44.2 Å². The highest BCUT2D eigenvalue weighted by Gasteiger charge is 2.64. The quantitative estimate of drug-likeness (QED) is 0.512. The average Bonchev–Trinajstić information content (AvgIpc) is 3.04. The lowest BCUT2D eigenvalue weighted by molar-refractivity contribution is -0.168. The van der Waals surface area contributed by atoms with Gasteiger partial charge in [0.1, 0.15) is 6.04 Å². The van der Waals surface area contributed by atoms with Crippen molar-refractivity contribution in [1.82, 2.24) is 4.90 Å². The fourth-order valence-electron chi connectivity index (χ4n) is 5.08. The second-order valence-corrected chi connectivity index (χ2v) is 11.3. The summed E-state index contributed by atoms with van der Waals surface area (Å²) in [7, 11) is 0. The zero-order valence-electron chi connectivity index (χ0n) is 18.3. The van der Waals surface area contributed by atoms with E-state index in [-0.39, 0.29) is 29.5 Å². The number of ketones is 1. The van der Waals surface area contributed by atoms with Crippen molar-refractivity contribution in [2.24, 2.45) is 17.6 Å². The molecule has 1 amide bonds. The van der Waals surface area contributed by atoms with Gasteiger partial charge in [-0.3, -0.25) is 9.59 Å². The first-order valence-corrected chi connectivity index (χ1v) is 12.2. The van der Waals surface area contributed by atoms with Gasteiger partial charge in [-0.25, -0.2) is 4.79 Å². The number of hydrogen-bond acceptors (Lipinski definition) is 6. The maximum atomic E-state index is 13.0. The lowest BCUT2D eigenvalue weighted by atomic mass is 9.86. The molecule has 3 fully saturated rings. The molecule has 6 nitrogen and oxygen atoms in total. The van der Waals surface area contributed by atoms with Gasteiger partial charge in [-0.15, -0.1) is 11.8 Å². The first-order chi connectivity index (χ1) is 14.8. The number of carbonyl (C=O) groups excluding carboxylic acids is 3. The third-order valence-corrected chi connectivity index (χ3v) is 8.52. The van der Waals surface area contributed by atoms with Gasteiger partial charge in [0.2, 0.25) is 5.91 Å². The standard InChI is InChI=1S/C24H32N2O4S/c1-24(2)20(23(29)30-14-15-9-5-3-6-10-15)26-21(28)17(22(26)31-24)13-18(27)19(25)16-11-7-4-8-12-16/h4,7-8,11-12,15,17,19-20,22H,3,5-6,9-10,13-14,25H2,1-2H3/t17-,19-,20+,22-/m1/s1. The summed E-state index contributed by atoms with van der Waals surface area (Å²) in [6.45, 7) is 4.39. The molecule has 7 heteroatoms. The second-order valence-electron chi connectivity index (χ2n) is 9.56. The summed E-state index contributed by atoms with van der Waals surface area (Å²) >= 11 is 1.59. The van der Waals surface area contributed by atoms with Gasteiger partial charge in [0, 0.05) is 11.2 Å². The molecular weight excluding hydrogens is 412 g/mol. The van der Waals surface area contributed by atoms with E-state index >= 15 is 0 Å². The molecule has 0 bridgehead atoms. The van der Waals surface area contributed by atoms with Gasteiger partial charge in [-0.1, -0.05) is 49.6 Å². The van der Waals surface area contributed by atoms with Crippen molar-refractivity contribution in [1.29, 1.82) is 0 Å². The topological polar surface area (TPSA) is 89.7 Å². The Hall–Kier alpha value is -1.86. The van der Waals surface area contributed by atoms with Crippen LogP contribution in [-0.4, -0.2) is 45.3 Å². The largest absolute Gasteiger partial charge is 0.464 e. The molecule has 168 valence electrons. The van der Waals surface area contributed by atoms with E-state index in [4.69, 9.17) is 10.5 Å². The Kier molecular flexibility index (Phi) is 6.44. The number of carbonyl (C=O) groups is 3. The monoisotopic (exact) mass is 444 g/mol. The Morgan fingerprint density at radius 2 is 1.87 bits per heavy atom. The van der Waals surface area contributed by atoms with Gasteiger partial charge in [0.05, 0.1) is 23.9 Å². The summed E-state index contributed by atoms with van der Waals surface area (Å²) in [6, 6.07) is 7.87. The molecule has 4 rings (SSSR count). The van der Waals surface area contributed by atoms with Crippen LogP contribution in [0.4, 0.5) is 0 Å². The zero-order valence-corrected chi connectivity index (χ0v) is 19.1. The number of amides is 1. The summed E-state index contributed by atoms with van der Waals surface area (Å²) in [5.41, 5.74) is 6.88. The summed E-state index contributed by atoms with van der Waals surface area (Å²) < 4.78 is 5.23. The normalized spacial score (nSPS) is 28.5. The van der Waals surface area contributed by atoms with Crippen molar-refractivity contribution >= 4 is 29.4 Å². The SMILES string of the molecule is CC1(C)S[C@@H]2[C@H](CC(=O)[C@H](N)c3ccccc3)C(=O)N2[C@H]1C(=O)OCC1CCCCC1. The van der Waals surface area contributed by atoms with E-state index < -0.39 is 22.7 Å². The van der Waals surface area contributed by atoms with E-state index in [1.165, 1.54) is 19.3 Å². The van der Waals surface area contributed by atoms with Crippen LogP contribution in [0.1, 0.15) is 64.0 Å². The van der Waals surface area contributed by atoms with Crippen LogP contribution in [0.15, 0.2) is 30.3 Å². The fraction of sp³-hybridized carbons (Fsp3) is 0.625. The van der Waals surface area contributed by atoms with Crippen LogP contribution in [-0.2, 0) is 19.1 Å². The van der Waals surface area contributed by atoms with Gasteiger partial charge >= 0.3 is 5.97 Å². The van der Waals surface area contributed by atoms with Crippen LogP contribution >= 0.6 is 11.8 Å². The number of Topliss-reactive ketones (excluding diaryl/α,β-unsaturated/α-hetero) is 1. The predicted octanol–water partition coefficient (Wildman–Crippen LogP) is 3.45. The highest BCUT2D eigenvalue weighted by Crippen LogP contribution is 2.54. The van der Waals surface area contributed by atoms with E-state index in [0.717, 1.165) is 18.4 Å². The molecule has 1 aromatic carbocycles. The Labute approximate surface area is 188 Å². The Morgan fingerprint density at radius 3 is 2.55 bits per heavy atom. The van der Waals surface area contributed by atoms with Crippen LogP contribution < -0.4 is 5.73 Å². The molecule has 3 aliphatic rings.